The Kier molecular flexibility index (Phi) is 4.59. The van der Waals surface area contributed by atoms with Crippen LogP contribution in [0.15, 0.2) is 0 Å². The van der Waals surface area contributed by atoms with Crippen molar-refractivity contribution in [1.82, 2.24) is 4.90 Å². The van der Waals surface area contributed by atoms with Crippen LogP contribution in [-0.4, -0.2) is 42.3 Å². The third-order valence-electron chi connectivity index (χ3n) is 5.69. The number of likely N-dealkylation sites (tertiary alicyclic amines) is 1. The predicted octanol–water partition coefficient (Wildman–Crippen LogP) is 2.64. The normalized spacial score (nSPS) is 41.1. The highest BCUT2D eigenvalue weighted by Crippen LogP contribution is 2.40. The van der Waals surface area contributed by atoms with E-state index in [4.69, 9.17) is 10.5 Å². The van der Waals surface area contributed by atoms with E-state index in [2.05, 4.69) is 32.6 Å². The van der Waals surface area contributed by atoms with Crippen LogP contribution < -0.4 is 5.73 Å². The van der Waals surface area contributed by atoms with Gasteiger partial charge in [0.05, 0.1) is 5.60 Å². The van der Waals surface area contributed by atoms with Gasteiger partial charge in [-0.1, -0.05) is 20.8 Å². The molecule has 112 valence electrons. The Bertz CT molecular complexity index is 307. The molecule has 2 aliphatic rings. The molecule has 0 spiro atoms. The molecule has 2 aliphatic heterocycles. The van der Waals surface area contributed by atoms with Crippen LogP contribution in [0.5, 0.6) is 0 Å². The highest BCUT2D eigenvalue weighted by Gasteiger charge is 2.47. The SMILES string of the molecule is CCC1(C)CC(CN)(N2CCC(C(C)C)C2)CCO1. The number of nitrogens with two attached hydrogens (primary N) is 1. The Morgan fingerprint density at radius 1 is 1.42 bits per heavy atom. The predicted molar refractivity (Wildman–Crippen MR) is 80.2 cm³/mol. The molecule has 2 heterocycles. The first-order valence-electron chi connectivity index (χ1n) is 8.04. The van der Waals surface area contributed by atoms with Gasteiger partial charge in [0, 0.05) is 25.2 Å². The van der Waals surface area contributed by atoms with Gasteiger partial charge in [-0.05, 0) is 51.0 Å². The molecule has 3 unspecified atom stereocenters. The fourth-order valence-corrected chi connectivity index (χ4v) is 3.89. The summed E-state index contributed by atoms with van der Waals surface area (Å²) in [5.74, 6) is 1.64. The molecule has 19 heavy (non-hydrogen) atoms. The van der Waals surface area contributed by atoms with E-state index in [9.17, 15) is 0 Å². The number of hydrogen-bond donors (Lipinski definition) is 1. The van der Waals surface area contributed by atoms with E-state index in [0.717, 1.165) is 44.2 Å². The van der Waals surface area contributed by atoms with Crippen LogP contribution in [-0.2, 0) is 4.74 Å². The highest BCUT2D eigenvalue weighted by molar-refractivity contribution is 5.02. The molecule has 2 rings (SSSR count). The van der Waals surface area contributed by atoms with Gasteiger partial charge in [-0.15, -0.1) is 0 Å². The molecule has 3 heteroatoms. The quantitative estimate of drug-likeness (QED) is 0.852. The lowest BCUT2D eigenvalue weighted by Gasteiger charge is -2.50. The third kappa shape index (κ3) is 2.98. The Morgan fingerprint density at radius 3 is 2.68 bits per heavy atom. The third-order valence-corrected chi connectivity index (χ3v) is 5.69. The molecule has 0 radical (unpaired) electrons. The van der Waals surface area contributed by atoms with Gasteiger partial charge in [0.2, 0.25) is 0 Å². The minimum Gasteiger partial charge on any atom is -0.375 e. The van der Waals surface area contributed by atoms with E-state index in [1.54, 1.807) is 0 Å². The van der Waals surface area contributed by atoms with Crippen LogP contribution in [0.1, 0.15) is 53.4 Å². The molecule has 2 saturated heterocycles. The van der Waals surface area contributed by atoms with Crippen LogP contribution in [0.4, 0.5) is 0 Å². The van der Waals surface area contributed by atoms with Gasteiger partial charge < -0.3 is 10.5 Å². The van der Waals surface area contributed by atoms with Crippen LogP contribution in [0.3, 0.4) is 0 Å². The second kappa shape index (κ2) is 5.71. The second-order valence-corrected chi connectivity index (χ2v) is 7.25. The molecular weight excluding hydrogens is 236 g/mol. The van der Waals surface area contributed by atoms with Gasteiger partial charge >= 0.3 is 0 Å². The Morgan fingerprint density at radius 2 is 2.16 bits per heavy atom. The van der Waals surface area contributed by atoms with Crippen molar-refractivity contribution >= 4 is 0 Å². The standard InChI is InChI=1S/C16H32N2O/c1-5-15(4)11-16(12-17,7-9-19-15)18-8-6-14(10-18)13(2)3/h13-14H,5-12,17H2,1-4H3. The van der Waals surface area contributed by atoms with Crippen LogP contribution in [0.2, 0.25) is 0 Å². The molecular formula is C16H32N2O. The summed E-state index contributed by atoms with van der Waals surface area (Å²) in [6, 6.07) is 0. The average molecular weight is 268 g/mol. The van der Waals surface area contributed by atoms with Crippen LogP contribution in [0.25, 0.3) is 0 Å². The molecule has 0 bridgehead atoms. The summed E-state index contributed by atoms with van der Waals surface area (Å²) in [6.45, 7) is 13.3. The summed E-state index contributed by atoms with van der Waals surface area (Å²) in [5.41, 5.74) is 6.43. The summed E-state index contributed by atoms with van der Waals surface area (Å²) in [6.07, 6.45) is 4.61. The minimum absolute atomic E-state index is 0.0214. The van der Waals surface area contributed by atoms with E-state index < -0.39 is 0 Å². The second-order valence-electron chi connectivity index (χ2n) is 7.25. The first-order chi connectivity index (χ1) is 8.95. The van der Waals surface area contributed by atoms with Gasteiger partial charge in [0.15, 0.2) is 0 Å². The molecule has 3 nitrogen and oxygen atoms in total. The van der Waals surface area contributed by atoms with Crippen molar-refractivity contribution in [3.8, 4) is 0 Å². The van der Waals surface area contributed by atoms with Crippen molar-refractivity contribution in [3.05, 3.63) is 0 Å². The Hall–Kier alpha value is -0.120. The van der Waals surface area contributed by atoms with Gasteiger partial charge in [0.25, 0.3) is 0 Å². The van der Waals surface area contributed by atoms with Gasteiger partial charge in [0.1, 0.15) is 0 Å². The Labute approximate surface area is 118 Å². The number of rotatable bonds is 4. The van der Waals surface area contributed by atoms with E-state index in [1.807, 2.05) is 0 Å². The molecule has 0 aromatic rings. The lowest BCUT2D eigenvalue weighted by atomic mass is 9.78. The zero-order valence-electron chi connectivity index (χ0n) is 13.2. The maximum atomic E-state index is 6.22. The zero-order valence-corrected chi connectivity index (χ0v) is 13.2. The van der Waals surface area contributed by atoms with Crippen molar-refractivity contribution < 1.29 is 4.74 Å². The van der Waals surface area contributed by atoms with E-state index in [-0.39, 0.29) is 11.1 Å². The molecule has 0 saturated carbocycles. The molecule has 3 atom stereocenters. The molecule has 2 N–H and O–H groups in total. The number of hydrogen-bond acceptors (Lipinski definition) is 3. The molecule has 0 aliphatic carbocycles. The van der Waals surface area contributed by atoms with Crippen molar-refractivity contribution in [2.75, 3.05) is 26.2 Å². The summed E-state index contributed by atoms with van der Waals surface area (Å²) >= 11 is 0. The smallest absolute Gasteiger partial charge is 0.0670 e. The summed E-state index contributed by atoms with van der Waals surface area (Å²) in [4.78, 5) is 2.69. The summed E-state index contributed by atoms with van der Waals surface area (Å²) < 4.78 is 6.02. The summed E-state index contributed by atoms with van der Waals surface area (Å²) in [5, 5.41) is 0. The first kappa shape index (κ1) is 15.3. The fourth-order valence-electron chi connectivity index (χ4n) is 3.89. The number of ether oxygens (including phenoxy) is 1. The van der Waals surface area contributed by atoms with Crippen molar-refractivity contribution in [2.24, 2.45) is 17.6 Å². The Balaban J connectivity index is 2.10. The fraction of sp³-hybridized carbons (Fsp3) is 1.00. The lowest BCUT2D eigenvalue weighted by Crippen LogP contribution is -2.60. The maximum Gasteiger partial charge on any atom is 0.0670 e. The van der Waals surface area contributed by atoms with E-state index in [1.165, 1.54) is 19.5 Å². The van der Waals surface area contributed by atoms with Gasteiger partial charge in [-0.25, -0.2) is 0 Å². The largest absolute Gasteiger partial charge is 0.375 e. The van der Waals surface area contributed by atoms with Crippen molar-refractivity contribution in [1.29, 1.82) is 0 Å². The molecule has 0 aromatic heterocycles. The topological polar surface area (TPSA) is 38.5 Å². The molecule has 2 fully saturated rings. The molecule has 0 amide bonds. The monoisotopic (exact) mass is 268 g/mol. The molecule has 0 aromatic carbocycles. The van der Waals surface area contributed by atoms with Crippen LogP contribution >= 0.6 is 0 Å². The lowest BCUT2D eigenvalue weighted by molar-refractivity contribution is -0.126. The van der Waals surface area contributed by atoms with E-state index >= 15 is 0 Å². The van der Waals surface area contributed by atoms with E-state index in [0.29, 0.717) is 0 Å². The van der Waals surface area contributed by atoms with Crippen molar-refractivity contribution in [2.45, 2.75) is 64.5 Å². The summed E-state index contributed by atoms with van der Waals surface area (Å²) in [7, 11) is 0. The van der Waals surface area contributed by atoms with Crippen LogP contribution in [0, 0.1) is 11.8 Å². The van der Waals surface area contributed by atoms with Crippen molar-refractivity contribution in [3.63, 3.8) is 0 Å². The van der Waals surface area contributed by atoms with Gasteiger partial charge in [-0.3, -0.25) is 4.90 Å². The minimum atomic E-state index is 0.0214. The zero-order chi connectivity index (χ0) is 14.1. The number of nitrogens with zero attached hydrogens (tertiary/aromatic N) is 1. The first-order valence-corrected chi connectivity index (χ1v) is 8.04. The highest BCUT2D eigenvalue weighted by atomic mass is 16.5. The maximum absolute atomic E-state index is 6.22. The van der Waals surface area contributed by atoms with Gasteiger partial charge in [-0.2, -0.15) is 0 Å². The average Bonchev–Trinajstić information content (AvgIpc) is 2.89.